The third-order valence-electron chi connectivity index (χ3n) is 10.1. The van der Waals surface area contributed by atoms with E-state index in [9.17, 15) is 9.32 Å². The van der Waals surface area contributed by atoms with Crippen LogP contribution in [-0.2, 0) is 15.7 Å². The van der Waals surface area contributed by atoms with Crippen LogP contribution in [0.1, 0.15) is 42.5 Å². The molecule has 3 unspecified atom stereocenters. The quantitative estimate of drug-likeness (QED) is 0.327. The number of anilines is 1. The third-order valence-corrected chi connectivity index (χ3v) is 11.5. The highest BCUT2D eigenvalue weighted by Crippen LogP contribution is 2.49. The number of halogens is 2. The van der Waals surface area contributed by atoms with Gasteiger partial charge in [-0.25, -0.2) is 13.0 Å². The number of aromatic hydroxyl groups is 1. The Morgan fingerprint density at radius 1 is 1.19 bits per heavy atom. The molecule has 252 valence electrons. The Balaban J connectivity index is 1.33. The molecule has 0 radical (unpaired) electrons. The highest BCUT2D eigenvalue weighted by atomic mass is 32.2. The molecule has 0 amide bonds. The maximum absolute atomic E-state index is 17.5. The second-order valence-corrected chi connectivity index (χ2v) is 15.5. The first-order valence-electron chi connectivity index (χ1n) is 16.4. The first kappa shape index (κ1) is 31.4. The molecular weight excluding hydrogens is 638 g/mol. The van der Waals surface area contributed by atoms with Crippen molar-refractivity contribution < 1.29 is 27.6 Å². The van der Waals surface area contributed by atoms with Crippen LogP contribution in [0.2, 0.25) is 0 Å². The second kappa shape index (κ2) is 11.9. The zero-order valence-electron chi connectivity index (χ0n) is 27.0. The number of fused-ring (bicyclic) bond motifs is 4. The van der Waals surface area contributed by atoms with Crippen LogP contribution in [0.15, 0.2) is 29.2 Å². The van der Waals surface area contributed by atoms with Gasteiger partial charge in [-0.05, 0) is 63.4 Å². The molecule has 4 aliphatic heterocycles. The average molecular weight is 677 g/mol. The van der Waals surface area contributed by atoms with Crippen molar-refractivity contribution in [1.29, 1.82) is 0 Å². The number of terminal acetylenes is 1. The van der Waals surface area contributed by atoms with Gasteiger partial charge < -0.3 is 29.7 Å². The molecule has 4 fully saturated rings. The molecule has 13 heteroatoms. The van der Waals surface area contributed by atoms with E-state index in [1.807, 2.05) is 14.1 Å². The van der Waals surface area contributed by atoms with Crippen LogP contribution < -0.4 is 15.0 Å². The smallest absolute Gasteiger partial charge is 0.319 e. The minimum Gasteiger partial charge on any atom is -0.508 e. The molecule has 1 saturated carbocycles. The highest BCUT2D eigenvalue weighted by Gasteiger charge is 2.45. The number of rotatable bonds is 9. The van der Waals surface area contributed by atoms with E-state index in [1.165, 1.54) is 28.6 Å². The summed E-state index contributed by atoms with van der Waals surface area (Å²) in [4.78, 5) is 13.8. The van der Waals surface area contributed by atoms with E-state index in [-0.39, 0.29) is 74.5 Å². The molecule has 1 aliphatic carbocycles. The summed E-state index contributed by atoms with van der Waals surface area (Å²) in [5, 5.41) is 15.1. The molecule has 0 spiro atoms. The highest BCUT2D eigenvalue weighted by molar-refractivity contribution is 7.83. The molecular formula is C35H38F2N6O4S. The fourth-order valence-corrected chi connectivity index (χ4v) is 9.14. The van der Waals surface area contributed by atoms with Gasteiger partial charge in [-0.15, -0.1) is 6.42 Å². The number of nitrogens with one attached hydrogen (secondary N) is 1. The molecule has 48 heavy (non-hydrogen) atoms. The second-order valence-electron chi connectivity index (χ2n) is 14.1. The van der Waals surface area contributed by atoms with E-state index in [0.29, 0.717) is 44.1 Å². The number of aromatic nitrogens is 2. The molecule has 8 rings (SSSR count). The number of nitrogens with zero attached hydrogens (tertiary/aromatic N) is 5. The molecule has 3 aromatic rings. The normalized spacial score (nSPS) is 24.5. The molecule has 1 aromatic heterocycles. The molecule has 3 saturated heterocycles. The van der Waals surface area contributed by atoms with Crippen molar-refractivity contribution in [2.24, 2.45) is 11.3 Å². The van der Waals surface area contributed by atoms with Gasteiger partial charge in [-0.2, -0.15) is 9.97 Å². The SMILES string of the molecule is C#Cc1c(F)ccc2cc(O)cc(C3=C(F)c4nc(OCC5(CN(C)C)CC5)nc(N5CC6CCC(C5)N6)c4S(=O)N3CC3COC3)c12. The zero-order valence-corrected chi connectivity index (χ0v) is 27.8. The molecule has 10 nitrogen and oxygen atoms in total. The monoisotopic (exact) mass is 676 g/mol. The van der Waals surface area contributed by atoms with E-state index in [4.69, 9.17) is 20.9 Å². The lowest BCUT2D eigenvalue weighted by Crippen LogP contribution is -2.52. The number of phenols is 1. The summed E-state index contributed by atoms with van der Waals surface area (Å²) in [6.45, 7) is 3.49. The van der Waals surface area contributed by atoms with Gasteiger partial charge in [0.25, 0.3) is 0 Å². The van der Waals surface area contributed by atoms with Crippen molar-refractivity contribution in [2.45, 2.75) is 42.7 Å². The van der Waals surface area contributed by atoms with Crippen LogP contribution in [0.3, 0.4) is 0 Å². The summed E-state index contributed by atoms with van der Waals surface area (Å²) in [7, 11) is 2.05. The van der Waals surface area contributed by atoms with Gasteiger partial charge in [0.1, 0.15) is 22.2 Å². The molecule has 5 heterocycles. The van der Waals surface area contributed by atoms with Gasteiger partial charge in [-0.1, -0.05) is 12.0 Å². The van der Waals surface area contributed by atoms with Crippen molar-refractivity contribution in [3.8, 4) is 24.1 Å². The Hall–Kier alpha value is -3.83. The molecule has 2 aromatic carbocycles. The Morgan fingerprint density at radius 2 is 1.94 bits per heavy atom. The van der Waals surface area contributed by atoms with E-state index < -0.39 is 22.6 Å². The fourth-order valence-electron chi connectivity index (χ4n) is 7.59. The zero-order chi connectivity index (χ0) is 33.3. The number of phenolic OH excluding ortho intramolecular Hbond substituents is 1. The summed E-state index contributed by atoms with van der Waals surface area (Å²) in [5.41, 5.74) is -0.205. The molecule has 2 N–H and O–H groups in total. The van der Waals surface area contributed by atoms with Gasteiger partial charge in [0.15, 0.2) is 22.6 Å². The standard InChI is InChI=1S/C35H38F2N6O4S/c1-4-25-27(36)8-5-21-11-24(44)12-26(28(21)25)31-29(37)30-32(48(45)43(31)13-20-16-46-17-20)33(42-14-22-6-7-23(15-42)38-22)40-34(39-30)47-19-35(9-10-35)18-41(2)3/h1,5,8,11-12,20,22-23,38,44H,6-7,9-10,13-19H2,2-3H3. The van der Waals surface area contributed by atoms with Crippen molar-refractivity contribution in [2.75, 3.05) is 65.0 Å². The minimum atomic E-state index is -1.99. The van der Waals surface area contributed by atoms with Crippen LogP contribution in [-0.4, -0.2) is 101 Å². The number of benzene rings is 2. The minimum absolute atomic E-state index is 0.0168. The van der Waals surface area contributed by atoms with E-state index in [1.54, 1.807) is 0 Å². The van der Waals surface area contributed by atoms with Crippen molar-refractivity contribution in [3.63, 3.8) is 0 Å². The van der Waals surface area contributed by atoms with Crippen LogP contribution in [0.25, 0.3) is 22.3 Å². The first-order chi connectivity index (χ1) is 23.1. The maximum Gasteiger partial charge on any atom is 0.319 e. The summed E-state index contributed by atoms with van der Waals surface area (Å²) < 4.78 is 60.8. The van der Waals surface area contributed by atoms with Crippen LogP contribution in [0, 0.1) is 29.5 Å². The summed E-state index contributed by atoms with van der Waals surface area (Å²) in [6.07, 6.45) is 9.82. The summed E-state index contributed by atoms with van der Waals surface area (Å²) in [6, 6.07) is 5.98. The van der Waals surface area contributed by atoms with Crippen molar-refractivity contribution >= 4 is 39.1 Å². The Bertz CT molecular complexity index is 1890. The van der Waals surface area contributed by atoms with Crippen LogP contribution in [0.5, 0.6) is 11.8 Å². The Morgan fingerprint density at radius 3 is 2.58 bits per heavy atom. The number of ether oxygens (including phenoxy) is 2. The lowest BCUT2D eigenvalue weighted by Gasteiger charge is -2.39. The number of piperazine rings is 1. The summed E-state index contributed by atoms with van der Waals surface area (Å²) >= 11 is 0. The van der Waals surface area contributed by atoms with Crippen LogP contribution >= 0.6 is 0 Å². The maximum atomic E-state index is 17.5. The van der Waals surface area contributed by atoms with Crippen LogP contribution in [0.4, 0.5) is 14.6 Å². The summed E-state index contributed by atoms with van der Waals surface area (Å²) in [5.74, 6) is 1.17. The van der Waals surface area contributed by atoms with Gasteiger partial charge in [0, 0.05) is 60.5 Å². The predicted octanol–water partition coefficient (Wildman–Crippen LogP) is 3.90. The van der Waals surface area contributed by atoms with E-state index >= 15 is 8.78 Å². The Kier molecular flexibility index (Phi) is 7.82. The van der Waals surface area contributed by atoms with Gasteiger partial charge in [0.05, 0.1) is 31.1 Å². The lowest BCUT2D eigenvalue weighted by atomic mass is 9.95. The largest absolute Gasteiger partial charge is 0.508 e. The van der Waals surface area contributed by atoms with Crippen molar-refractivity contribution in [3.05, 3.63) is 46.9 Å². The topological polar surface area (TPSA) is 103 Å². The molecule has 5 aliphatic rings. The molecule has 3 atom stereocenters. The van der Waals surface area contributed by atoms with E-state index in [2.05, 4.69) is 26.0 Å². The van der Waals surface area contributed by atoms with Gasteiger partial charge in [-0.3, -0.25) is 4.31 Å². The molecule has 2 bridgehead atoms. The lowest BCUT2D eigenvalue weighted by molar-refractivity contribution is -0.0346. The third kappa shape index (κ3) is 5.48. The Labute approximate surface area is 280 Å². The first-order valence-corrected chi connectivity index (χ1v) is 17.5. The van der Waals surface area contributed by atoms with Gasteiger partial charge in [0.2, 0.25) is 0 Å². The van der Waals surface area contributed by atoms with Gasteiger partial charge >= 0.3 is 6.01 Å². The van der Waals surface area contributed by atoms with E-state index in [0.717, 1.165) is 32.2 Å². The van der Waals surface area contributed by atoms with Crippen molar-refractivity contribution in [1.82, 2.24) is 24.5 Å². The number of hydrogen-bond acceptors (Lipinski definition) is 9. The predicted molar refractivity (Wildman–Crippen MR) is 179 cm³/mol. The average Bonchev–Trinajstić information content (AvgIpc) is 3.72. The fraction of sp³-hybridized carbons (Fsp3) is 0.486. The number of hydrogen-bond donors (Lipinski definition) is 2.